The summed E-state index contributed by atoms with van der Waals surface area (Å²) in [6.07, 6.45) is 0.693. The van der Waals surface area contributed by atoms with Gasteiger partial charge in [0.1, 0.15) is 0 Å². The van der Waals surface area contributed by atoms with E-state index in [1.165, 1.54) is 0 Å². The Morgan fingerprint density at radius 3 is 2.31 bits per heavy atom. The molecule has 70 valence electrons. The Hall–Kier alpha value is -1.25. The summed E-state index contributed by atoms with van der Waals surface area (Å²) in [6.45, 7) is 8.00. The van der Waals surface area contributed by atoms with Crippen LogP contribution in [0.2, 0.25) is 0 Å². The normalized spacial score (nSPS) is 10.5. The van der Waals surface area contributed by atoms with Gasteiger partial charge in [-0.2, -0.15) is 0 Å². The van der Waals surface area contributed by atoms with Crippen LogP contribution in [0.3, 0.4) is 0 Å². The van der Waals surface area contributed by atoms with E-state index in [9.17, 15) is 4.79 Å². The molecule has 0 aliphatic heterocycles. The van der Waals surface area contributed by atoms with Crippen LogP contribution in [0.25, 0.3) is 0 Å². The van der Waals surface area contributed by atoms with Crippen LogP contribution in [-0.2, 0) is 0 Å². The summed E-state index contributed by atoms with van der Waals surface area (Å²) in [5, 5.41) is 0. The zero-order valence-corrected chi connectivity index (χ0v) is 8.46. The highest BCUT2D eigenvalue weighted by molar-refractivity contribution is 5.69. The van der Waals surface area contributed by atoms with Crippen LogP contribution in [0.4, 0.5) is 0 Å². The molecule has 3 heteroatoms. The molecule has 0 bridgehead atoms. The van der Waals surface area contributed by atoms with Crippen molar-refractivity contribution < 1.29 is 4.79 Å². The second kappa shape index (κ2) is 3.64. The molecule has 0 N–H and O–H groups in total. The molecular weight excluding hydrogens is 164 g/mol. The van der Waals surface area contributed by atoms with Gasteiger partial charge in [0.15, 0.2) is 12.1 Å². The molecule has 1 aromatic rings. The monoisotopic (exact) mass is 178 g/mol. The van der Waals surface area contributed by atoms with E-state index in [0.29, 0.717) is 12.2 Å². The maximum Gasteiger partial charge on any atom is 0.193 e. The lowest BCUT2D eigenvalue weighted by atomic mass is 10.0. The smallest absolute Gasteiger partial charge is 0.193 e. The Morgan fingerprint density at radius 2 is 1.85 bits per heavy atom. The topological polar surface area (TPSA) is 42.9 Å². The number of hydrogen-bond donors (Lipinski definition) is 0. The Morgan fingerprint density at radius 1 is 1.23 bits per heavy atom. The third-order valence-corrected chi connectivity index (χ3v) is 2.10. The average Bonchev–Trinajstić information content (AvgIpc) is 2.09. The Bertz CT molecular complexity index is 332. The fourth-order valence-electron chi connectivity index (χ4n) is 1.29. The predicted molar refractivity (Wildman–Crippen MR) is 51.0 cm³/mol. The molecule has 1 aromatic heterocycles. The number of hydrogen-bond acceptors (Lipinski definition) is 3. The molecular formula is C10H14N2O. The number of rotatable bonds is 2. The highest BCUT2D eigenvalue weighted by Gasteiger charge is 2.10. The number of carbonyl (C=O) groups excluding carboxylic acids is 1. The summed E-state index contributed by atoms with van der Waals surface area (Å²) in [6, 6.07) is 0. The summed E-state index contributed by atoms with van der Waals surface area (Å²) >= 11 is 0. The summed E-state index contributed by atoms with van der Waals surface area (Å²) in [7, 11) is 0. The van der Waals surface area contributed by atoms with Crippen LogP contribution < -0.4 is 0 Å². The maximum atomic E-state index is 10.5. The van der Waals surface area contributed by atoms with Gasteiger partial charge in [-0.3, -0.25) is 4.79 Å². The van der Waals surface area contributed by atoms with Crippen molar-refractivity contribution in [3.05, 3.63) is 22.8 Å². The number of nitrogens with zero attached hydrogens (tertiary/aromatic N) is 2. The molecule has 0 aliphatic carbocycles. The first-order chi connectivity index (χ1) is 6.06. The number of carbonyl (C=O) groups is 1. The zero-order valence-electron chi connectivity index (χ0n) is 8.46. The van der Waals surface area contributed by atoms with Gasteiger partial charge in [0.2, 0.25) is 0 Å². The second-order valence-corrected chi connectivity index (χ2v) is 3.45. The first kappa shape index (κ1) is 9.84. The zero-order chi connectivity index (χ0) is 10.0. The fourth-order valence-corrected chi connectivity index (χ4v) is 1.29. The minimum absolute atomic E-state index is 0.284. The Kier molecular flexibility index (Phi) is 2.76. The molecule has 1 rings (SSSR count). The molecule has 0 unspecified atom stereocenters. The van der Waals surface area contributed by atoms with Gasteiger partial charge < -0.3 is 0 Å². The summed E-state index contributed by atoms with van der Waals surface area (Å²) in [4.78, 5) is 18.7. The quantitative estimate of drug-likeness (QED) is 0.651. The summed E-state index contributed by atoms with van der Waals surface area (Å²) in [5.74, 6) is 0.618. The van der Waals surface area contributed by atoms with Crippen molar-refractivity contribution in [3.8, 4) is 0 Å². The highest BCUT2D eigenvalue weighted by atomic mass is 16.1. The lowest BCUT2D eigenvalue weighted by molar-refractivity contribution is 0.111. The van der Waals surface area contributed by atoms with Crippen LogP contribution in [0.5, 0.6) is 0 Å². The van der Waals surface area contributed by atoms with E-state index in [0.717, 1.165) is 17.0 Å². The average molecular weight is 178 g/mol. The van der Waals surface area contributed by atoms with Gasteiger partial charge in [-0.15, -0.1) is 0 Å². The number of aryl methyl sites for hydroxylation is 1. The van der Waals surface area contributed by atoms with Crippen LogP contribution in [0.1, 0.15) is 47.3 Å². The molecule has 0 atom stereocenters. The van der Waals surface area contributed by atoms with Gasteiger partial charge in [-0.25, -0.2) is 9.97 Å². The number of aromatic nitrogens is 2. The first-order valence-corrected chi connectivity index (χ1v) is 4.36. The van der Waals surface area contributed by atoms with Crippen LogP contribution in [0.15, 0.2) is 0 Å². The molecule has 1 heterocycles. The van der Waals surface area contributed by atoms with E-state index in [1.54, 1.807) is 0 Å². The molecule has 3 nitrogen and oxygen atoms in total. The van der Waals surface area contributed by atoms with E-state index < -0.39 is 0 Å². The van der Waals surface area contributed by atoms with Crippen LogP contribution in [-0.4, -0.2) is 16.3 Å². The van der Waals surface area contributed by atoms with Crippen molar-refractivity contribution in [1.29, 1.82) is 0 Å². The van der Waals surface area contributed by atoms with Gasteiger partial charge >= 0.3 is 0 Å². The fraction of sp³-hybridized carbons (Fsp3) is 0.500. The first-order valence-electron chi connectivity index (χ1n) is 4.36. The van der Waals surface area contributed by atoms with E-state index >= 15 is 0 Å². The SMILES string of the molecule is Cc1nc(C=O)nc(C(C)C)c1C. The van der Waals surface area contributed by atoms with Gasteiger partial charge in [0.05, 0.1) is 5.69 Å². The van der Waals surface area contributed by atoms with E-state index in [2.05, 4.69) is 23.8 Å². The van der Waals surface area contributed by atoms with Gasteiger partial charge in [0, 0.05) is 5.69 Å². The number of aldehydes is 1. The third-order valence-electron chi connectivity index (χ3n) is 2.10. The maximum absolute atomic E-state index is 10.5. The van der Waals surface area contributed by atoms with Crippen molar-refractivity contribution in [3.63, 3.8) is 0 Å². The van der Waals surface area contributed by atoms with Crippen molar-refractivity contribution in [1.82, 2.24) is 9.97 Å². The van der Waals surface area contributed by atoms with Gasteiger partial charge in [0.25, 0.3) is 0 Å². The van der Waals surface area contributed by atoms with Crippen LogP contribution in [0, 0.1) is 13.8 Å². The van der Waals surface area contributed by atoms with Crippen molar-refractivity contribution in [2.45, 2.75) is 33.6 Å². The summed E-state index contributed by atoms with van der Waals surface area (Å²) in [5.41, 5.74) is 2.94. The molecule has 0 radical (unpaired) electrons. The second-order valence-electron chi connectivity index (χ2n) is 3.45. The minimum atomic E-state index is 0.284. The largest absolute Gasteiger partial charge is 0.294 e. The molecule has 0 spiro atoms. The molecule has 13 heavy (non-hydrogen) atoms. The lowest BCUT2D eigenvalue weighted by Gasteiger charge is -2.10. The van der Waals surface area contributed by atoms with Gasteiger partial charge in [-0.05, 0) is 25.3 Å². The molecule has 0 saturated carbocycles. The van der Waals surface area contributed by atoms with E-state index in [-0.39, 0.29) is 5.82 Å². The van der Waals surface area contributed by atoms with Crippen molar-refractivity contribution in [2.75, 3.05) is 0 Å². The van der Waals surface area contributed by atoms with Crippen molar-refractivity contribution >= 4 is 6.29 Å². The lowest BCUT2D eigenvalue weighted by Crippen LogP contribution is -2.05. The summed E-state index contributed by atoms with van der Waals surface area (Å²) < 4.78 is 0. The molecule has 0 saturated heterocycles. The predicted octanol–water partition coefficient (Wildman–Crippen LogP) is 2.03. The Labute approximate surface area is 78.2 Å². The standard InChI is InChI=1S/C10H14N2O/c1-6(2)10-7(3)8(4)11-9(5-13)12-10/h5-6H,1-4H3. The molecule has 0 aromatic carbocycles. The van der Waals surface area contributed by atoms with Gasteiger partial charge in [-0.1, -0.05) is 13.8 Å². The third kappa shape index (κ3) is 1.91. The Balaban J connectivity index is 3.32. The molecule has 0 amide bonds. The van der Waals surface area contributed by atoms with Crippen LogP contribution >= 0.6 is 0 Å². The molecule has 0 aliphatic rings. The van der Waals surface area contributed by atoms with E-state index in [4.69, 9.17) is 0 Å². The van der Waals surface area contributed by atoms with E-state index in [1.807, 2.05) is 13.8 Å². The minimum Gasteiger partial charge on any atom is -0.294 e. The molecule has 0 fully saturated rings. The van der Waals surface area contributed by atoms with Crippen molar-refractivity contribution in [2.24, 2.45) is 0 Å². The highest BCUT2D eigenvalue weighted by Crippen LogP contribution is 2.17.